The number of ether oxygens (including phenoxy) is 1. The van der Waals surface area contributed by atoms with Crippen molar-refractivity contribution >= 4 is 0 Å². The highest BCUT2D eigenvalue weighted by atomic mass is 16.5. The van der Waals surface area contributed by atoms with E-state index in [1.807, 2.05) is 6.92 Å². The van der Waals surface area contributed by atoms with Crippen LogP contribution in [0.25, 0.3) is 0 Å². The topological polar surface area (TPSA) is 29.5 Å². The summed E-state index contributed by atoms with van der Waals surface area (Å²) in [6, 6.07) is 0. The van der Waals surface area contributed by atoms with Gasteiger partial charge in [0.1, 0.15) is 0 Å². The Labute approximate surface area is 88.7 Å². The van der Waals surface area contributed by atoms with Crippen molar-refractivity contribution in [2.45, 2.75) is 71.5 Å². The molecule has 0 bridgehead atoms. The van der Waals surface area contributed by atoms with Crippen molar-refractivity contribution in [3.8, 4) is 0 Å². The van der Waals surface area contributed by atoms with Crippen LogP contribution in [0.2, 0.25) is 0 Å². The molecule has 0 saturated heterocycles. The summed E-state index contributed by atoms with van der Waals surface area (Å²) in [7, 11) is 0. The van der Waals surface area contributed by atoms with Crippen molar-refractivity contribution in [3.05, 3.63) is 0 Å². The van der Waals surface area contributed by atoms with Crippen molar-refractivity contribution in [1.82, 2.24) is 0 Å². The molecule has 86 valence electrons. The molecule has 0 aliphatic rings. The van der Waals surface area contributed by atoms with Gasteiger partial charge in [-0.25, -0.2) is 0 Å². The van der Waals surface area contributed by atoms with Gasteiger partial charge in [-0.1, -0.05) is 39.5 Å². The zero-order chi connectivity index (χ0) is 10.8. The number of unbranched alkanes of at least 4 members (excludes halogenated alkanes) is 3. The summed E-state index contributed by atoms with van der Waals surface area (Å²) in [4.78, 5) is 0. The number of aliphatic hydroxyl groups excluding tert-OH is 1. The van der Waals surface area contributed by atoms with Crippen LogP contribution < -0.4 is 0 Å². The predicted molar refractivity (Wildman–Crippen MR) is 60.5 cm³/mol. The van der Waals surface area contributed by atoms with Crippen LogP contribution in [0, 0.1) is 0 Å². The van der Waals surface area contributed by atoms with Gasteiger partial charge in [0.25, 0.3) is 0 Å². The van der Waals surface area contributed by atoms with Gasteiger partial charge in [0, 0.05) is 6.61 Å². The first kappa shape index (κ1) is 13.9. The molecule has 0 rings (SSSR count). The summed E-state index contributed by atoms with van der Waals surface area (Å²) < 4.78 is 5.66. The second kappa shape index (κ2) is 9.47. The van der Waals surface area contributed by atoms with Crippen LogP contribution in [0.5, 0.6) is 0 Å². The minimum absolute atomic E-state index is 0.0480. The lowest BCUT2D eigenvalue weighted by Gasteiger charge is -2.20. The van der Waals surface area contributed by atoms with Gasteiger partial charge in [0.05, 0.1) is 12.2 Å². The van der Waals surface area contributed by atoms with Crippen molar-refractivity contribution < 1.29 is 9.84 Å². The van der Waals surface area contributed by atoms with E-state index in [1.54, 1.807) is 0 Å². The molecule has 14 heavy (non-hydrogen) atoms. The SMILES string of the molecule is CCCCCOC(CCCC)C(C)O. The first-order valence-corrected chi connectivity index (χ1v) is 6.02. The molecule has 0 radical (unpaired) electrons. The maximum absolute atomic E-state index is 9.47. The van der Waals surface area contributed by atoms with E-state index in [1.165, 1.54) is 19.3 Å². The maximum Gasteiger partial charge on any atom is 0.0831 e. The van der Waals surface area contributed by atoms with Gasteiger partial charge in [0.15, 0.2) is 0 Å². The Morgan fingerprint density at radius 1 is 1.07 bits per heavy atom. The Morgan fingerprint density at radius 2 is 1.71 bits per heavy atom. The van der Waals surface area contributed by atoms with E-state index in [4.69, 9.17) is 4.74 Å². The maximum atomic E-state index is 9.47. The normalized spacial score (nSPS) is 15.4. The summed E-state index contributed by atoms with van der Waals surface area (Å²) in [6.07, 6.45) is 6.57. The van der Waals surface area contributed by atoms with Gasteiger partial charge in [-0.3, -0.25) is 0 Å². The summed E-state index contributed by atoms with van der Waals surface area (Å²) in [5.41, 5.74) is 0. The number of rotatable bonds is 9. The van der Waals surface area contributed by atoms with Gasteiger partial charge in [-0.15, -0.1) is 0 Å². The van der Waals surface area contributed by atoms with Crippen LogP contribution in [0.15, 0.2) is 0 Å². The third-order valence-corrected chi connectivity index (χ3v) is 2.46. The fourth-order valence-electron chi connectivity index (χ4n) is 1.46. The van der Waals surface area contributed by atoms with Crippen LogP contribution in [0.1, 0.15) is 59.3 Å². The standard InChI is InChI=1S/C12H26O2/c1-4-6-8-10-14-12(11(3)13)9-7-5-2/h11-13H,4-10H2,1-3H3. The number of aliphatic hydroxyl groups is 1. The Morgan fingerprint density at radius 3 is 2.21 bits per heavy atom. The van der Waals surface area contributed by atoms with Crippen molar-refractivity contribution in [2.24, 2.45) is 0 Å². The Balaban J connectivity index is 3.52. The molecule has 0 aromatic carbocycles. The van der Waals surface area contributed by atoms with E-state index in [9.17, 15) is 5.11 Å². The van der Waals surface area contributed by atoms with Gasteiger partial charge in [-0.2, -0.15) is 0 Å². The summed E-state index contributed by atoms with van der Waals surface area (Å²) >= 11 is 0. The molecule has 0 heterocycles. The molecule has 0 aliphatic heterocycles. The smallest absolute Gasteiger partial charge is 0.0831 e. The molecule has 0 aliphatic carbocycles. The van der Waals surface area contributed by atoms with Crippen LogP contribution in [0.4, 0.5) is 0 Å². The molecular weight excluding hydrogens is 176 g/mol. The molecule has 2 heteroatoms. The van der Waals surface area contributed by atoms with Crippen molar-refractivity contribution in [2.75, 3.05) is 6.61 Å². The Hall–Kier alpha value is -0.0800. The highest BCUT2D eigenvalue weighted by molar-refractivity contribution is 4.64. The van der Waals surface area contributed by atoms with E-state index < -0.39 is 0 Å². The molecular formula is C12H26O2. The molecule has 2 unspecified atom stereocenters. The third-order valence-electron chi connectivity index (χ3n) is 2.46. The number of hydrogen-bond acceptors (Lipinski definition) is 2. The zero-order valence-electron chi connectivity index (χ0n) is 9.96. The fraction of sp³-hybridized carbons (Fsp3) is 1.00. The lowest BCUT2D eigenvalue weighted by Crippen LogP contribution is -2.26. The highest BCUT2D eigenvalue weighted by Gasteiger charge is 2.14. The van der Waals surface area contributed by atoms with E-state index in [0.717, 1.165) is 25.9 Å². The quantitative estimate of drug-likeness (QED) is 0.582. The highest BCUT2D eigenvalue weighted by Crippen LogP contribution is 2.10. The van der Waals surface area contributed by atoms with Gasteiger partial charge < -0.3 is 9.84 Å². The monoisotopic (exact) mass is 202 g/mol. The Bertz CT molecular complexity index is 113. The molecule has 2 nitrogen and oxygen atoms in total. The lowest BCUT2D eigenvalue weighted by atomic mass is 10.1. The Kier molecular flexibility index (Phi) is 9.42. The van der Waals surface area contributed by atoms with Crippen molar-refractivity contribution in [1.29, 1.82) is 0 Å². The van der Waals surface area contributed by atoms with E-state index in [0.29, 0.717) is 0 Å². The molecule has 0 fully saturated rings. The molecule has 0 aromatic heterocycles. The van der Waals surface area contributed by atoms with Crippen LogP contribution in [0.3, 0.4) is 0 Å². The summed E-state index contributed by atoms with van der Waals surface area (Å²) in [5, 5.41) is 9.47. The summed E-state index contributed by atoms with van der Waals surface area (Å²) in [6.45, 7) is 6.96. The molecule has 0 aromatic rings. The van der Waals surface area contributed by atoms with Gasteiger partial charge >= 0.3 is 0 Å². The average Bonchev–Trinajstić information content (AvgIpc) is 2.16. The van der Waals surface area contributed by atoms with Crippen LogP contribution in [-0.2, 0) is 4.74 Å². The third kappa shape index (κ3) is 7.34. The van der Waals surface area contributed by atoms with Gasteiger partial charge in [-0.05, 0) is 19.8 Å². The van der Waals surface area contributed by atoms with Crippen LogP contribution in [-0.4, -0.2) is 23.9 Å². The minimum Gasteiger partial charge on any atom is -0.391 e. The zero-order valence-corrected chi connectivity index (χ0v) is 9.96. The first-order valence-electron chi connectivity index (χ1n) is 6.02. The second-order valence-corrected chi connectivity index (χ2v) is 4.00. The van der Waals surface area contributed by atoms with E-state index in [2.05, 4.69) is 13.8 Å². The molecule has 1 N–H and O–H groups in total. The second-order valence-electron chi connectivity index (χ2n) is 4.00. The van der Waals surface area contributed by atoms with Gasteiger partial charge in [0.2, 0.25) is 0 Å². The fourth-order valence-corrected chi connectivity index (χ4v) is 1.46. The van der Waals surface area contributed by atoms with E-state index >= 15 is 0 Å². The minimum atomic E-state index is -0.330. The average molecular weight is 202 g/mol. The molecule has 0 spiro atoms. The molecule has 0 amide bonds. The molecule has 2 atom stereocenters. The molecule has 0 saturated carbocycles. The number of hydrogen-bond donors (Lipinski definition) is 1. The van der Waals surface area contributed by atoms with Crippen LogP contribution >= 0.6 is 0 Å². The van der Waals surface area contributed by atoms with E-state index in [-0.39, 0.29) is 12.2 Å². The van der Waals surface area contributed by atoms with Crippen molar-refractivity contribution in [3.63, 3.8) is 0 Å². The lowest BCUT2D eigenvalue weighted by molar-refractivity contribution is -0.0355. The first-order chi connectivity index (χ1) is 6.72. The predicted octanol–water partition coefficient (Wildman–Crippen LogP) is 3.13. The summed E-state index contributed by atoms with van der Waals surface area (Å²) in [5.74, 6) is 0. The largest absolute Gasteiger partial charge is 0.391 e.